The van der Waals surface area contributed by atoms with Crippen LogP contribution in [0.25, 0.3) is 0 Å². The van der Waals surface area contributed by atoms with Gasteiger partial charge in [-0.25, -0.2) is 22.0 Å². The molecule has 1 aromatic heterocycles. The summed E-state index contributed by atoms with van der Waals surface area (Å²) in [5.74, 6) is -7.77. The van der Waals surface area contributed by atoms with Gasteiger partial charge < -0.3 is 19.9 Å². The number of hydrogen-bond acceptors (Lipinski definition) is 4. The fourth-order valence-electron chi connectivity index (χ4n) is 5.43. The number of rotatable bonds is 7. The van der Waals surface area contributed by atoms with Crippen LogP contribution in [-0.2, 0) is 19.6 Å². The summed E-state index contributed by atoms with van der Waals surface area (Å²) in [5.41, 5.74) is -1.21. The van der Waals surface area contributed by atoms with Crippen LogP contribution >= 0.6 is 0 Å². The second-order valence-corrected chi connectivity index (χ2v) is 10.8. The molecule has 3 aromatic carbocycles. The fourth-order valence-corrected chi connectivity index (χ4v) is 5.43. The molecule has 2 amide bonds. The molecule has 2 unspecified atom stereocenters. The Morgan fingerprint density at radius 2 is 1.64 bits per heavy atom. The number of H-pyrrole nitrogens is 1. The van der Waals surface area contributed by atoms with E-state index < -0.39 is 69.8 Å². The van der Waals surface area contributed by atoms with Crippen molar-refractivity contribution in [1.82, 2.24) is 10.3 Å². The van der Waals surface area contributed by atoms with E-state index >= 15 is 0 Å². The highest BCUT2D eigenvalue weighted by Gasteiger charge is 2.44. The topological polar surface area (TPSA) is 91.5 Å². The number of benzene rings is 3. The lowest BCUT2D eigenvalue weighted by Crippen LogP contribution is -2.36. The molecule has 2 N–H and O–H groups in total. The number of pyridine rings is 1. The van der Waals surface area contributed by atoms with E-state index in [0.29, 0.717) is 29.7 Å². The zero-order valence-corrected chi connectivity index (χ0v) is 22.9. The second-order valence-electron chi connectivity index (χ2n) is 10.8. The lowest BCUT2D eigenvalue weighted by Gasteiger charge is -2.25. The molecule has 1 aliphatic heterocycles. The zero-order chi connectivity index (χ0) is 31.1. The zero-order valence-electron chi connectivity index (χ0n) is 22.9. The standard InChI is InChI=1S/C32H24F5N3O4/c33-20-9-23(34)21(24(35)10-20)12-39-31(42)22-13-38-28(30(29(22)41)44-15-16-4-2-1-3-5-16)32(43)40-14-19-7-17(19)6-18-8-25(36)26(37)11-27(18)40/h1-5,8-11,13,17,19H,6-7,12,14-15H2,(H,38,41)(H,39,42). The maximum atomic E-state index is 14.3. The number of fused-ring (bicyclic) bond motifs is 2. The lowest BCUT2D eigenvalue weighted by atomic mass is 10.1. The molecule has 226 valence electrons. The van der Waals surface area contributed by atoms with Gasteiger partial charge in [0, 0.05) is 43.0 Å². The highest BCUT2D eigenvalue weighted by molar-refractivity contribution is 6.07. The second kappa shape index (κ2) is 11.6. The Balaban J connectivity index is 1.35. The summed E-state index contributed by atoms with van der Waals surface area (Å²) in [6, 6.07) is 11.6. The summed E-state index contributed by atoms with van der Waals surface area (Å²) in [7, 11) is 0. The van der Waals surface area contributed by atoms with Crippen molar-refractivity contribution < 1.29 is 36.3 Å². The van der Waals surface area contributed by atoms with Crippen LogP contribution in [-0.4, -0.2) is 23.3 Å². The fraction of sp³-hybridized carbons (Fsp3) is 0.219. The Labute approximate surface area is 247 Å². The first-order chi connectivity index (χ1) is 21.1. The summed E-state index contributed by atoms with van der Waals surface area (Å²) < 4.78 is 75.7. The smallest absolute Gasteiger partial charge is 0.278 e. The van der Waals surface area contributed by atoms with E-state index in [2.05, 4.69) is 10.3 Å². The molecule has 4 aromatic rings. The average Bonchev–Trinajstić information content (AvgIpc) is 3.75. The molecule has 2 aliphatic rings. The third kappa shape index (κ3) is 5.67. The summed E-state index contributed by atoms with van der Waals surface area (Å²) in [4.78, 5) is 44.5. The number of aromatic amines is 1. The Hall–Kier alpha value is -5.00. The largest absolute Gasteiger partial charge is 0.483 e. The van der Waals surface area contributed by atoms with Gasteiger partial charge in [0.2, 0.25) is 5.43 Å². The summed E-state index contributed by atoms with van der Waals surface area (Å²) >= 11 is 0. The highest BCUT2D eigenvalue weighted by atomic mass is 19.2. The van der Waals surface area contributed by atoms with Gasteiger partial charge in [0.1, 0.15) is 29.6 Å². The summed E-state index contributed by atoms with van der Waals surface area (Å²) in [6.45, 7) is -0.673. The van der Waals surface area contributed by atoms with E-state index in [0.717, 1.165) is 24.8 Å². The number of nitrogens with zero attached hydrogens (tertiary/aromatic N) is 1. The van der Waals surface area contributed by atoms with Crippen LogP contribution in [0.5, 0.6) is 5.75 Å². The van der Waals surface area contributed by atoms with E-state index in [1.165, 1.54) is 4.90 Å². The number of hydrogen-bond donors (Lipinski definition) is 2. The van der Waals surface area contributed by atoms with Crippen LogP contribution < -0.4 is 20.4 Å². The van der Waals surface area contributed by atoms with Gasteiger partial charge in [-0.05, 0) is 41.9 Å². The van der Waals surface area contributed by atoms with E-state index in [1.807, 2.05) is 0 Å². The average molecular weight is 610 g/mol. The Morgan fingerprint density at radius 1 is 0.932 bits per heavy atom. The van der Waals surface area contributed by atoms with Crippen molar-refractivity contribution in [2.24, 2.45) is 11.8 Å². The molecule has 0 spiro atoms. The molecular formula is C32H24F5N3O4. The molecule has 2 atom stereocenters. The van der Waals surface area contributed by atoms with Gasteiger partial charge in [0.15, 0.2) is 23.1 Å². The predicted octanol–water partition coefficient (Wildman–Crippen LogP) is 5.42. The van der Waals surface area contributed by atoms with Crippen molar-refractivity contribution >= 4 is 17.5 Å². The molecule has 7 nitrogen and oxygen atoms in total. The predicted molar refractivity (Wildman–Crippen MR) is 149 cm³/mol. The molecule has 0 bridgehead atoms. The van der Waals surface area contributed by atoms with Gasteiger partial charge in [0.05, 0.1) is 5.69 Å². The van der Waals surface area contributed by atoms with E-state index in [4.69, 9.17) is 4.74 Å². The summed E-state index contributed by atoms with van der Waals surface area (Å²) in [6.07, 6.45) is 2.22. The molecule has 1 saturated carbocycles. The van der Waals surface area contributed by atoms with E-state index in [9.17, 15) is 36.3 Å². The minimum absolute atomic E-state index is 0.0928. The van der Waals surface area contributed by atoms with Crippen molar-refractivity contribution in [1.29, 1.82) is 0 Å². The number of carbonyl (C=O) groups excluding carboxylic acids is 2. The van der Waals surface area contributed by atoms with Gasteiger partial charge in [-0.1, -0.05) is 30.3 Å². The number of ether oxygens (including phenoxy) is 1. The van der Waals surface area contributed by atoms with Gasteiger partial charge in [-0.2, -0.15) is 0 Å². The number of anilines is 1. The van der Waals surface area contributed by atoms with Crippen LogP contribution in [0.3, 0.4) is 0 Å². The number of nitrogens with one attached hydrogen (secondary N) is 2. The van der Waals surface area contributed by atoms with Crippen molar-refractivity contribution in [3.8, 4) is 5.75 Å². The van der Waals surface area contributed by atoms with Crippen LogP contribution in [0.15, 0.2) is 65.6 Å². The van der Waals surface area contributed by atoms with Crippen LogP contribution in [0.2, 0.25) is 0 Å². The van der Waals surface area contributed by atoms with Crippen LogP contribution in [0.1, 0.15) is 44.0 Å². The first-order valence-corrected chi connectivity index (χ1v) is 13.7. The molecule has 44 heavy (non-hydrogen) atoms. The quantitative estimate of drug-likeness (QED) is 0.274. The maximum Gasteiger partial charge on any atom is 0.278 e. The van der Waals surface area contributed by atoms with Crippen molar-refractivity contribution in [3.63, 3.8) is 0 Å². The molecule has 0 radical (unpaired) electrons. The maximum absolute atomic E-state index is 14.3. The number of amides is 2. The highest BCUT2D eigenvalue weighted by Crippen LogP contribution is 2.47. The van der Waals surface area contributed by atoms with Gasteiger partial charge >= 0.3 is 0 Å². The SMILES string of the molecule is O=C(NCc1c(F)cc(F)cc1F)c1c[nH]c(C(=O)N2CC3CC3Cc3cc(F)c(F)cc32)c(OCc2ccccc2)c1=O. The number of aromatic nitrogens is 1. The van der Waals surface area contributed by atoms with Crippen LogP contribution in [0.4, 0.5) is 27.6 Å². The number of carbonyl (C=O) groups is 2. The first kappa shape index (κ1) is 29.1. The molecule has 12 heteroatoms. The third-order valence-corrected chi connectivity index (χ3v) is 7.88. The van der Waals surface area contributed by atoms with Gasteiger partial charge in [0.25, 0.3) is 11.8 Å². The Bertz CT molecular complexity index is 1820. The minimum atomic E-state index is -1.23. The lowest BCUT2D eigenvalue weighted by molar-refractivity contribution is 0.0941. The molecule has 1 aliphatic carbocycles. The molecule has 1 fully saturated rings. The first-order valence-electron chi connectivity index (χ1n) is 13.7. The molecule has 6 rings (SSSR count). The van der Waals surface area contributed by atoms with E-state index in [1.54, 1.807) is 30.3 Å². The van der Waals surface area contributed by atoms with Gasteiger partial charge in [-0.15, -0.1) is 0 Å². The minimum Gasteiger partial charge on any atom is -0.483 e. The molecular weight excluding hydrogens is 585 g/mol. The Kier molecular flexibility index (Phi) is 7.66. The monoisotopic (exact) mass is 609 g/mol. The Morgan fingerprint density at radius 3 is 2.36 bits per heavy atom. The van der Waals surface area contributed by atoms with Crippen molar-refractivity contribution in [2.45, 2.75) is 26.0 Å². The van der Waals surface area contributed by atoms with Crippen LogP contribution in [0, 0.1) is 40.9 Å². The van der Waals surface area contributed by atoms with Crippen molar-refractivity contribution in [2.75, 3.05) is 11.4 Å². The van der Waals surface area contributed by atoms with Crippen molar-refractivity contribution in [3.05, 3.63) is 128 Å². The van der Waals surface area contributed by atoms with Gasteiger partial charge in [-0.3, -0.25) is 14.4 Å². The third-order valence-electron chi connectivity index (χ3n) is 7.88. The molecule has 0 saturated heterocycles. The summed E-state index contributed by atoms with van der Waals surface area (Å²) in [5, 5.41) is 2.22. The normalized spacial score (nSPS) is 16.9. The van der Waals surface area contributed by atoms with E-state index in [-0.39, 0.29) is 36.4 Å². The number of halogens is 5. The molecule has 2 heterocycles.